The van der Waals surface area contributed by atoms with Crippen LogP contribution in [0.1, 0.15) is 34.5 Å². The van der Waals surface area contributed by atoms with Crippen molar-refractivity contribution in [3.8, 4) is 17.3 Å². The first-order chi connectivity index (χ1) is 12.0. The maximum absolute atomic E-state index is 13.0. The lowest BCUT2D eigenvalue weighted by molar-refractivity contribution is 0.0786. The highest BCUT2D eigenvalue weighted by Gasteiger charge is 2.23. The predicted octanol–water partition coefficient (Wildman–Crippen LogP) is 3.39. The molecule has 3 aromatic rings. The zero-order valence-electron chi connectivity index (χ0n) is 14.6. The van der Waals surface area contributed by atoms with Gasteiger partial charge in [0, 0.05) is 12.1 Å². The third-order valence-electron chi connectivity index (χ3n) is 4.09. The van der Waals surface area contributed by atoms with Crippen LogP contribution in [0.4, 0.5) is 0 Å². The highest BCUT2D eigenvalue weighted by atomic mass is 16.5. The molecule has 7 nitrogen and oxygen atoms in total. The number of fused-ring (bicyclic) bond motifs is 1. The summed E-state index contributed by atoms with van der Waals surface area (Å²) in [6.45, 7) is 7.74. The Labute approximate surface area is 144 Å². The number of rotatable bonds is 4. The molecular weight excluding hydrogens is 320 g/mol. The molecule has 0 bridgehead atoms. The molecular formula is C18H18N4O3. The van der Waals surface area contributed by atoms with Crippen molar-refractivity contribution in [1.82, 2.24) is 15.0 Å². The number of nitrogens with zero attached hydrogens (tertiary/aromatic N) is 4. The third-order valence-corrected chi connectivity index (χ3v) is 4.09. The number of carbonyl (C=O) groups excluding carboxylic acids is 1. The summed E-state index contributed by atoms with van der Waals surface area (Å²) in [6.07, 6.45) is 0. The van der Waals surface area contributed by atoms with Crippen molar-refractivity contribution < 1.29 is 13.7 Å². The van der Waals surface area contributed by atoms with E-state index in [-0.39, 0.29) is 12.5 Å². The van der Waals surface area contributed by atoms with Crippen molar-refractivity contribution in [3.63, 3.8) is 0 Å². The maximum atomic E-state index is 13.0. The summed E-state index contributed by atoms with van der Waals surface area (Å²) in [6, 6.07) is 5.60. The molecule has 0 aliphatic heterocycles. The quantitative estimate of drug-likeness (QED) is 0.676. The van der Waals surface area contributed by atoms with Crippen LogP contribution in [0.25, 0.3) is 22.4 Å². The van der Waals surface area contributed by atoms with E-state index in [1.54, 1.807) is 13.0 Å². The van der Waals surface area contributed by atoms with E-state index in [9.17, 15) is 4.79 Å². The number of hydrogen-bond acceptors (Lipinski definition) is 6. The van der Waals surface area contributed by atoms with Crippen molar-refractivity contribution in [3.05, 3.63) is 34.9 Å². The average Bonchev–Trinajstić information content (AvgIpc) is 3.13. The summed E-state index contributed by atoms with van der Waals surface area (Å²) >= 11 is 0. The van der Waals surface area contributed by atoms with Crippen molar-refractivity contribution in [2.75, 3.05) is 13.1 Å². The molecule has 0 unspecified atom stereocenters. The SMILES string of the molecule is CCN(CC#N)C(=O)c1cc(-c2cc(C)oc2C)nc2onc(C)c12. The fourth-order valence-corrected chi connectivity index (χ4v) is 2.87. The number of hydrogen-bond donors (Lipinski definition) is 0. The minimum Gasteiger partial charge on any atom is -0.466 e. The topological polar surface area (TPSA) is 96.2 Å². The van der Waals surface area contributed by atoms with Gasteiger partial charge in [0.25, 0.3) is 11.6 Å². The Balaban J connectivity index is 2.22. The number of amides is 1. The number of nitriles is 1. The number of aromatic nitrogens is 2. The monoisotopic (exact) mass is 338 g/mol. The summed E-state index contributed by atoms with van der Waals surface area (Å²) in [5, 5.41) is 13.5. The van der Waals surface area contributed by atoms with Gasteiger partial charge in [-0.25, -0.2) is 4.98 Å². The molecule has 7 heteroatoms. The number of carbonyl (C=O) groups is 1. The van der Waals surface area contributed by atoms with E-state index in [4.69, 9.17) is 14.2 Å². The standard InChI is InChI=1S/C18H18N4O3/c1-5-22(7-6-19)18(23)14-9-15(13-8-10(2)24-12(13)4)20-17-16(14)11(3)21-25-17/h8-9H,5,7H2,1-4H3. The summed E-state index contributed by atoms with van der Waals surface area (Å²) in [5.41, 5.74) is 2.68. The highest BCUT2D eigenvalue weighted by Crippen LogP contribution is 2.31. The molecule has 0 N–H and O–H groups in total. The first kappa shape index (κ1) is 16.7. The zero-order valence-corrected chi connectivity index (χ0v) is 14.6. The molecule has 3 rings (SSSR count). The van der Waals surface area contributed by atoms with Crippen LogP contribution >= 0.6 is 0 Å². The second-order valence-electron chi connectivity index (χ2n) is 5.81. The fraction of sp³-hybridized carbons (Fsp3) is 0.333. The molecule has 128 valence electrons. The molecule has 0 atom stereocenters. The summed E-state index contributed by atoms with van der Waals surface area (Å²) < 4.78 is 10.9. The van der Waals surface area contributed by atoms with Gasteiger partial charge in [0.1, 0.15) is 18.1 Å². The summed E-state index contributed by atoms with van der Waals surface area (Å²) in [5.74, 6) is 1.22. The van der Waals surface area contributed by atoms with E-state index in [0.717, 1.165) is 11.3 Å². The van der Waals surface area contributed by atoms with E-state index >= 15 is 0 Å². The molecule has 0 saturated heterocycles. The van der Waals surface area contributed by atoms with Crippen molar-refractivity contribution in [2.45, 2.75) is 27.7 Å². The van der Waals surface area contributed by atoms with Crippen molar-refractivity contribution in [1.29, 1.82) is 5.26 Å². The van der Waals surface area contributed by atoms with Gasteiger partial charge in [-0.15, -0.1) is 0 Å². The van der Waals surface area contributed by atoms with Gasteiger partial charge in [-0.05, 0) is 39.8 Å². The van der Waals surface area contributed by atoms with Crippen molar-refractivity contribution in [2.24, 2.45) is 0 Å². The summed E-state index contributed by atoms with van der Waals surface area (Å²) in [4.78, 5) is 18.9. The second-order valence-corrected chi connectivity index (χ2v) is 5.81. The zero-order chi connectivity index (χ0) is 18.1. The normalized spacial score (nSPS) is 10.8. The Bertz CT molecular complexity index is 994. The predicted molar refractivity (Wildman–Crippen MR) is 90.9 cm³/mol. The molecule has 0 radical (unpaired) electrons. The average molecular weight is 338 g/mol. The van der Waals surface area contributed by atoms with Gasteiger partial charge in [-0.1, -0.05) is 5.16 Å². The molecule has 0 spiro atoms. The fourth-order valence-electron chi connectivity index (χ4n) is 2.87. The molecule has 0 aromatic carbocycles. The van der Waals surface area contributed by atoms with Crippen LogP contribution in [0, 0.1) is 32.1 Å². The van der Waals surface area contributed by atoms with Gasteiger partial charge < -0.3 is 13.8 Å². The molecule has 1 amide bonds. The van der Waals surface area contributed by atoms with Crippen LogP contribution in [-0.4, -0.2) is 34.0 Å². The Morgan fingerprint density at radius 2 is 2.08 bits per heavy atom. The lowest BCUT2D eigenvalue weighted by atomic mass is 10.0. The lowest BCUT2D eigenvalue weighted by Gasteiger charge is -2.18. The largest absolute Gasteiger partial charge is 0.466 e. The summed E-state index contributed by atoms with van der Waals surface area (Å²) in [7, 11) is 0. The number of aryl methyl sites for hydroxylation is 3. The third kappa shape index (κ3) is 2.87. The van der Waals surface area contributed by atoms with Gasteiger partial charge in [0.15, 0.2) is 0 Å². The van der Waals surface area contributed by atoms with Crippen LogP contribution in [0.3, 0.4) is 0 Å². The van der Waals surface area contributed by atoms with E-state index in [0.29, 0.717) is 40.4 Å². The number of furan rings is 1. The van der Waals surface area contributed by atoms with E-state index in [1.807, 2.05) is 32.9 Å². The van der Waals surface area contributed by atoms with Crippen LogP contribution in [-0.2, 0) is 0 Å². The van der Waals surface area contributed by atoms with E-state index < -0.39 is 0 Å². The van der Waals surface area contributed by atoms with Crippen LogP contribution in [0.2, 0.25) is 0 Å². The second kappa shape index (κ2) is 6.40. The van der Waals surface area contributed by atoms with Gasteiger partial charge in [-0.3, -0.25) is 4.79 Å². The molecule has 3 aromatic heterocycles. The Morgan fingerprint density at radius 1 is 1.32 bits per heavy atom. The first-order valence-corrected chi connectivity index (χ1v) is 7.96. The molecule has 3 heterocycles. The van der Waals surface area contributed by atoms with Gasteiger partial charge >= 0.3 is 0 Å². The molecule has 0 fully saturated rings. The molecule has 0 aliphatic rings. The van der Waals surface area contributed by atoms with Gasteiger partial charge in [0.2, 0.25) is 0 Å². The minimum atomic E-state index is -0.248. The van der Waals surface area contributed by atoms with Crippen LogP contribution < -0.4 is 0 Å². The smallest absolute Gasteiger partial charge is 0.259 e. The van der Waals surface area contributed by atoms with Gasteiger partial charge in [0.05, 0.1) is 28.4 Å². The van der Waals surface area contributed by atoms with Crippen LogP contribution in [0.5, 0.6) is 0 Å². The Morgan fingerprint density at radius 3 is 2.68 bits per heavy atom. The van der Waals surface area contributed by atoms with Crippen LogP contribution in [0.15, 0.2) is 21.1 Å². The van der Waals surface area contributed by atoms with Crippen molar-refractivity contribution >= 4 is 17.0 Å². The molecule has 0 aliphatic carbocycles. The van der Waals surface area contributed by atoms with E-state index in [2.05, 4.69) is 10.1 Å². The molecule has 0 saturated carbocycles. The highest BCUT2D eigenvalue weighted by molar-refractivity contribution is 6.07. The Hall–Kier alpha value is -3.14. The molecule has 25 heavy (non-hydrogen) atoms. The van der Waals surface area contributed by atoms with Gasteiger partial charge in [-0.2, -0.15) is 5.26 Å². The first-order valence-electron chi connectivity index (χ1n) is 7.96. The Kier molecular flexibility index (Phi) is 4.28. The van der Waals surface area contributed by atoms with E-state index in [1.165, 1.54) is 4.90 Å². The maximum Gasteiger partial charge on any atom is 0.259 e. The minimum absolute atomic E-state index is 0.0165. The number of pyridine rings is 1. The lowest BCUT2D eigenvalue weighted by Crippen LogP contribution is -2.31.